The molecule has 4 aromatic carbocycles. The average molecular weight is 442 g/mol. The molecule has 0 atom stereocenters. The van der Waals surface area contributed by atoms with E-state index < -0.39 is 11.8 Å². The third kappa shape index (κ3) is 5.04. The van der Waals surface area contributed by atoms with Gasteiger partial charge in [0, 0.05) is 5.56 Å². The van der Waals surface area contributed by atoms with E-state index in [0.29, 0.717) is 11.1 Å². The molecule has 164 valence electrons. The van der Waals surface area contributed by atoms with Crippen LogP contribution in [0, 0.1) is 5.82 Å². The topological polar surface area (TPSA) is 77.0 Å². The van der Waals surface area contributed by atoms with Crippen molar-refractivity contribution in [1.82, 2.24) is 5.43 Å². The second-order valence-corrected chi connectivity index (χ2v) is 7.04. The molecule has 7 heteroatoms. The molecule has 0 radical (unpaired) electrons. The van der Waals surface area contributed by atoms with Gasteiger partial charge in [0.25, 0.3) is 5.91 Å². The molecule has 4 rings (SSSR count). The number of hydrogen-bond donors (Lipinski definition) is 1. The van der Waals surface area contributed by atoms with E-state index in [1.807, 2.05) is 36.4 Å². The number of benzene rings is 4. The Morgan fingerprint density at radius 3 is 2.52 bits per heavy atom. The maximum absolute atomic E-state index is 13.3. The molecular formula is C26H19FN2O4. The first-order valence-electron chi connectivity index (χ1n) is 10.0. The van der Waals surface area contributed by atoms with Gasteiger partial charge in [-0.25, -0.2) is 14.6 Å². The first-order chi connectivity index (χ1) is 16.0. The first-order valence-corrected chi connectivity index (χ1v) is 10.0. The lowest BCUT2D eigenvalue weighted by Crippen LogP contribution is -2.17. The number of amides is 1. The molecule has 4 aromatic rings. The summed E-state index contributed by atoms with van der Waals surface area (Å²) in [5.74, 6) is -1.13. The number of hydrazone groups is 1. The van der Waals surface area contributed by atoms with Gasteiger partial charge < -0.3 is 9.47 Å². The highest BCUT2D eigenvalue weighted by atomic mass is 19.1. The number of nitrogens with zero attached hydrogens (tertiary/aromatic N) is 1. The molecule has 0 heterocycles. The van der Waals surface area contributed by atoms with E-state index in [1.54, 1.807) is 18.2 Å². The molecule has 0 saturated carbocycles. The van der Waals surface area contributed by atoms with Crippen LogP contribution < -0.4 is 14.9 Å². The molecule has 6 nitrogen and oxygen atoms in total. The minimum Gasteiger partial charge on any atom is -0.493 e. The van der Waals surface area contributed by atoms with E-state index >= 15 is 0 Å². The number of hydrogen-bond acceptors (Lipinski definition) is 5. The summed E-state index contributed by atoms with van der Waals surface area (Å²) < 4.78 is 24.0. The monoisotopic (exact) mass is 442 g/mol. The Hall–Kier alpha value is -4.52. The lowest BCUT2D eigenvalue weighted by atomic mass is 10.0. The maximum atomic E-state index is 13.3. The summed E-state index contributed by atoms with van der Waals surface area (Å²) in [5, 5.41) is 5.81. The van der Waals surface area contributed by atoms with E-state index in [2.05, 4.69) is 10.5 Å². The maximum Gasteiger partial charge on any atom is 0.343 e. The molecule has 0 aliphatic rings. The van der Waals surface area contributed by atoms with Gasteiger partial charge in [0.1, 0.15) is 5.82 Å². The number of halogens is 1. The summed E-state index contributed by atoms with van der Waals surface area (Å²) in [6.45, 7) is 0. The molecule has 1 N–H and O–H groups in total. The second-order valence-electron chi connectivity index (χ2n) is 7.04. The van der Waals surface area contributed by atoms with Gasteiger partial charge in [-0.15, -0.1) is 0 Å². The van der Waals surface area contributed by atoms with Crippen LogP contribution in [0.2, 0.25) is 0 Å². The van der Waals surface area contributed by atoms with Crippen molar-refractivity contribution in [3.63, 3.8) is 0 Å². The van der Waals surface area contributed by atoms with Crippen LogP contribution in [-0.4, -0.2) is 25.2 Å². The van der Waals surface area contributed by atoms with Crippen LogP contribution in [-0.2, 0) is 0 Å². The number of carbonyl (C=O) groups is 2. The Bertz CT molecular complexity index is 1360. The van der Waals surface area contributed by atoms with Gasteiger partial charge >= 0.3 is 5.97 Å². The van der Waals surface area contributed by atoms with Crippen LogP contribution in [0.25, 0.3) is 10.8 Å². The first kappa shape index (κ1) is 21.7. The molecule has 1 amide bonds. The van der Waals surface area contributed by atoms with Crippen molar-refractivity contribution in [2.45, 2.75) is 0 Å². The van der Waals surface area contributed by atoms with Gasteiger partial charge in [0.15, 0.2) is 11.5 Å². The van der Waals surface area contributed by atoms with E-state index in [-0.39, 0.29) is 23.0 Å². The molecular weight excluding hydrogens is 423 g/mol. The number of ether oxygens (including phenoxy) is 2. The molecule has 33 heavy (non-hydrogen) atoms. The molecule has 0 spiro atoms. The van der Waals surface area contributed by atoms with Crippen molar-refractivity contribution >= 4 is 28.9 Å². The normalized spacial score (nSPS) is 10.8. The second kappa shape index (κ2) is 9.74. The average Bonchev–Trinajstić information content (AvgIpc) is 2.84. The Labute approximate surface area is 189 Å². The lowest BCUT2D eigenvalue weighted by Gasteiger charge is -2.10. The highest BCUT2D eigenvalue weighted by molar-refractivity contribution is 6.07. The minimum atomic E-state index is -0.712. The fourth-order valence-electron chi connectivity index (χ4n) is 3.27. The minimum absolute atomic E-state index is 0.0823. The Morgan fingerprint density at radius 1 is 0.909 bits per heavy atom. The summed E-state index contributed by atoms with van der Waals surface area (Å²) in [6.07, 6.45) is 1.45. The Morgan fingerprint density at radius 2 is 1.70 bits per heavy atom. The zero-order valence-corrected chi connectivity index (χ0v) is 17.6. The third-order valence-corrected chi connectivity index (χ3v) is 4.86. The van der Waals surface area contributed by atoms with Crippen molar-refractivity contribution in [2.24, 2.45) is 5.10 Å². The zero-order chi connectivity index (χ0) is 23.2. The van der Waals surface area contributed by atoms with Crippen LogP contribution in [0.5, 0.6) is 11.5 Å². The van der Waals surface area contributed by atoms with Crippen LogP contribution in [0.1, 0.15) is 26.3 Å². The molecule has 0 aromatic heterocycles. The Balaban J connectivity index is 1.46. The number of carbonyl (C=O) groups excluding carboxylic acids is 2. The predicted molar refractivity (Wildman–Crippen MR) is 123 cm³/mol. The van der Waals surface area contributed by atoms with Gasteiger partial charge in [0.2, 0.25) is 0 Å². The van der Waals surface area contributed by atoms with Crippen LogP contribution in [0.3, 0.4) is 0 Å². The summed E-state index contributed by atoms with van der Waals surface area (Å²) in [7, 11) is 1.43. The van der Waals surface area contributed by atoms with Crippen molar-refractivity contribution in [2.75, 3.05) is 7.11 Å². The van der Waals surface area contributed by atoms with Gasteiger partial charge in [-0.3, -0.25) is 4.79 Å². The molecule has 0 fully saturated rings. The molecule has 0 saturated heterocycles. The summed E-state index contributed by atoms with van der Waals surface area (Å²) >= 11 is 0. The predicted octanol–water partition coefficient (Wildman–Crippen LogP) is 4.97. The lowest BCUT2D eigenvalue weighted by molar-refractivity contribution is 0.0729. The number of nitrogens with one attached hydrogen (secondary N) is 1. The molecule has 0 aliphatic carbocycles. The van der Waals surface area contributed by atoms with E-state index in [4.69, 9.17) is 9.47 Å². The molecule has 0 bridgehead atoms. The smallest absolute Gasteiger partial charge is 0.343 e. The highest BCUT2D eigenvalue weighted by Gasteiger charge is 2.14. The van der Waals surface area contributed by atoms with E-state index in [1.165, 1.54) is 37.6 Å². The quantitative estimate of drug-likeness (QED) is 0.198. The van der Waals surface area contributed by atoms with Crippen molar-refractivity contribution < 1.29 is 23.5 Å². The molecule has 0 aliphatic heterocycles. The van der Waals surface area contributed by atoms with E-state index in [9.17, 15) is 14.0 Å². The largest absolute Gasteiger partial charge is 0.493 e. The van der Waals surface area contributed by atoms with Gasteiger partial charge in [-0.1, -0.05) is 42.5 Å². The fourth-order valence-corrected chi connectivity index (χ4v) is 3.27. The van der Waals surface area contributed by atoms with E-state index in [0.717, 1.165) is 16.8 Å². The van der Waals surface area contributed by atoms with Crippen LogP contribution in [0.15, 0.2) is 90.0 Å². The summed E-state index contributed by atoms with van der Waals surface area (Å²) in [4.78, 5) is 24.8. The molecule has 0 unspecified atom stereocenters. The summed E-state index contributed by atoms with van der Waals surface area (Å²) in [6, 6.07) is 23.1. The number of esters is 1. The summed E-state index contributed by atoms with van der Waals surface area (Å²) in [5.41, 5.74) is 3.72. The number of fused-ring (bicyclic) bond motifs is 1. The number of methoxy groups -OCH3 is 1. The van der Waals surface area contributed by atoms with Crippen molar-refractivity contribution in [1.29, 1.82) is 0 Å². The van der Waals surface area contributed by atoms with Crippen LogP contribution >= 0.6 is 0 Å². The SMILES string of the molecule is COc1cc(/C=N\NC(=O)c2cccc3ccccc23)ccc1OC(=O)c1cccc(F)c1. The Kier molecular flexibility index (Phi) is 6.40. The standard InChI is InChI=1S/C26H19FN2O4/c1-32-24-14-17(12-13-23(24)33-26(31)19-8-4-9-20(27)15-19)16-28-29-25(30)22-11-5-7-18-6-2-3-10-21(18)22/h2-16H,1H3,(H,29,30)/b28-16-. The number of rotatable bonds is 6. The van der Waals surface area contributed by atoms with Crippen LogP contribution in [0.4, 0.5) is 4.39 Å². The third-order valence-electron chi connectivity index (χ3n) is 4.86. The van der Waals surface area contributed by atoms with Gasteiger partial charge in [0.05, 0.1) is 18.9 Å². The van der Waals surface area contributed by atoms with Crippen molar-refractivity contribution in [3.05, 3.63) is 107 Å². The highest BCUT2D eigenvalue weighted by Crippen LogP contribution is 2.28. The van der Waals surface area contributed by atoms with Gasteiger partial charge in [-0.05, 0) is 58.8 Å². The van der Waals surface area contributed by atoms with Gasteiger partial charge in [-0.2, -0.15) is 5.10 Å². The fraction of sp³-hybridized carbons (Fsp3) is 0.0385. The zero-order valence-electron chi connectivity index (χ0n) is 17.6. The van der Waals surface area contributed by atoms with Crippen molar-refractivity contribution in [3.8, 4) is 11.5 Å².